The molecule has 2 aromatic heterocycles. The van der Waals surface area contributed by atoms with E-state index in [0.29, 0.717) is 12.6 Å². The molecule has 0 aliphatic carbocycles. The summed E-state index contributed by atoms with van der Waals surface area (Å²) in [6.45, 7) is 0.604. The Labute approximate surface area is 201 Å². The third-order valence-electron chi connectivity index (χ3n) is 6.13. The molecule has 0 unspecified atom stereocenters. The fourth-order valence-corrected chi connectivity index (χ4v) is 6.44. The van der Waals surface area contributed by atoms with Gasteiger partial charge in [0, 0.05) is 6.20 Å². The van der Waals surface area contributed by atoms with E-state index < -0.39 is 22.2 Å². The molecule has 4 atom stereocenters. The van der Waals surface area contributed by atoms with Crippen LogP contribution in [0.4, 0.5) is 5.95 Å². The molecule has 34 heavy (non-hydrogen) atoms. The largest absolute Gasteiger partial charge is 0.371 e. The number of rotatable bonds is 6. The Kier molecular flexibility index (Phi) is 5.54. The number of ether oxygens (including phenoxy) is 2. The molecule has 174 valence electrons. The Balaban J connectivity index is 1.15. The molecule has 0 radical (unpaired) electrons. The van der Waals surface area contributed by atoms with Crippen molar-refractivity contribution < 1.29 is 17.9 Å². The van der Waals surface area contributed by atoms with E-state index in [1.165, 1.54) is 0 Å². The number of anilines is 1. The van der Waals surface area contributed by atoms with Crippen LogP contribution >= 0.6 is 11.3 Å². The highest BCUT2D eigenvalue weighted by Gasteiger charge is 2.49. The van der Waals surface area contributed by atoms with Gasteiger partial charge in [0.1, 0.15) is 12.2 Å². The zero-order chi connectivity index (χ0) is 23.1. The highest BCUT2D eigenvalue weighted by molar-refractivity contribution is 7.89. The Morgan fingerprint density at radius 2 is 1.71 bits per heavy atom. The average molecular weight is 495 g/mol. The summed E-state index contributed by atoms with van der Waals surface area (Å²) in [7, 11) is -3.73. The summed E-state index contributed by atoms with van der Waals surface area (Å²) < 4.78 is 40.9. The van der Waals surface area contributed by atoms with Crippen LogP contribution in [0.1, 0.15) is 0 Å². The van der Waals surface area contributed by atoms with Crippen molar-refractivity contribution in [1.29, 1.82) is 0 Å². The van der Waals surface area contributed by atoms with E-state index in [2.05, 4.69) is 20.0 Å². The van der Waals surface area contributed by atoms with E-state index in [1.807, 2.05) is 53.9 Å². The predicted octanol–water partition coefficient (Wildman–Crippen LogP) is 3.28. The molecule has 6 rings (SSSR count). The van der Waals surface area contributed by atoms with Crippen LogP contribution in [0, 0.1) is 0 Å². The smallest absolute Gasteiger partial charge is 0.241 e. The van der Waals surface area contributed by atoms with Gasteiger partial charge >= 0.3 is 0 Å². The monoisotopic (exact) mass is 494 g/mol. The van der Waals surface area contributed by atoms with E-state index in [4.69, 9.17) is 9.47 Å². The minimum absolute atomic E-state index is 0.182. The van der Waals surface area contributed by atoms with Crippen LogP contribution in [0.5, 0.6) is 0 Å². The Morgan fingerprint density at radius 3 is 2.53 bits per heavy atom. The van der Waals surface area contributed by atoms with Gasteiger partial charge in [-0.2, -0.15) is 0 Å². The molecule has 2 aliphatic heterocycles. The molecule has 10 heteroatoms. The normalized spacial score (nSPS) is 24.4. The first-order valence-electron chi connectivity index (χ1n) is 10.9. The Hall–Kier alpha value is -2.89. The van der Waals surface area contributed by atoms with E-state index in [9.17, 15) is 8.42 Å². The zero-order valence-corrected chi connectivity index (χ0v) is 19.6. The molecule has 0 bridgehead atoms. The standard InChI is InChI=1S/C24H22N4O4S2/c29-34(30,17-8-7-15-4-1-2-5-16(15)12-17)28-20-14-32-22-19(13-31-23(20)22)27-24-25-10-9-18(26-24)21-6-3-11-33-21/h1-12,19-20,22-23,28H,13-14H2,(H,25,26,27)/t19-,20+,22-,23+/m0/s1. The lowest BCUT2D eigenvalue weighted by atomic mass is 10.1. The molecule has 2 saturated heterocycles. The molecule has 2 fully saturated rings. The van der Waals surface area contributed by atoms with Crippen molar-refractivity contribution in [2.45, 2.75) is 29.2 Å². The molecule has 2 aliphatic rings. The number of aromatic nitrogens is 2. The fraction of sp³-hybridized carbons (Fsp3) is 0.250. The summed E-state index contributed by atoms with van der Waals surface area (Å²) >= 11 is 1.61. The van der Waals surface area contributed by atoms with Gasteiger partial charge in [-0.1, -0.05) is 36.4 Å². The zero-order valence-electron chi connectivity index (χ0n) is 18.0. The van der Waals surface area contributed by atoms with Gasteiger partial charge in [0.05, 0.1) is 40.8 Å². The van der Waals surface area contributed by atoms with E-state index >= 15 is 0 Å². The fourth-order valence-electron chi connectivity index (χ4n) is 4.48. The van der Waals surface area contributed by atoms with E-state index in [1.54, 1.807) is 29.7 Å². The first kappa shape index (κ1) is 21.6. The SMILES string of the molecule is O=S(=O)(N[C@@H]1CO[C@@H]2[C@@H]1OC[C@@H]2Nc1nccc(-c2cccs2)n1)c1ccc2ccccc2c1. The van der Waals surface area contributed by atoms with Gasteiger partial charge in [0.2, 0.25) is 16.0 Å². The number of hydrogen-bond acceptors (Lipinski definition) is 8. The van der Waals surface area contributed by atoms with Crippen LogP contribution in [-0.4, -0.2) is 55.9 Å². The van der Waals surface area contributed by atoms with Crippen molar-refractivity contribution in [2.24, 2.45) is 0 Å². The second kappa shape index (κ2) is 8.71. The van der Waals surface area contributed by atoms with Crippen molar-refractivity contribution >= 4 is 38.1 Å². The molecular weight excluding hydrogens is 472 g/mol. The minimum Gasteiger partial charge on any atom is -0.371 e. The van der Waals surface area contributed by atoms with Crippen molar-refractivity contribution in [3.05, 3.63) is 72.2 Å². The number of thiophene rings is 1. The maximum atomic E-state index is 13.1. The van der Waals surface area contributed by atoms with Crippen molar-refractivity contribution in [3.8, 4) is 10.6 Å². The van der Waals surface area contributed by atoms with Crippen molar-refractivity contribution in [2.75, 3.05) is 18.5 Å². The number of hydrogen-bond donors (Lipinski definition) is 2. The molecule has 0 saturated carbocycles. The maximum Gasteiger partial charge on any atom is 0.241 e. The number of nitrogens with zero attached hydrogens (tertiary/aromatic N) is 2. The van der Waals surface area contributed by atoms with Crippen LogP contribution in [0.2, 0.25) is 0 Å². The highest BCUT2D eigenvalue weighted by atomic mass is 32.2. The average Bonchev–Trinajstić information content (AvgIpc) is 3.60. The van der Waals surface area contributed by atoms with Gasteiger partial charge in [0.15, 0.2) is 0 Å². The third kappa shape index (κ3) is 4.08. The molecule has 0 amide bonds. The summed E-state index contributed by atoms with van der Waals surface area (Å²) in [6.07, 6.45) is 1.01. The molecular formula is C24H22N4O4S2. The lowest BCUT2D eigenvalue weighted by molar-refractivity contribution is 0.0690. The van der Waals surface area contributed by atoms with Crippen LogP contribution in [0.3, 0.4) is 0 Å². The first-order chi connectivity index (χ1) is 16.6. The minimum atomic E-state index is -3.73. The maximum absolute atomic E-state index is 13.1. The molecule has 2 N–H and O–H groups in total. The first-order valence-corrected chi connectivity index (χ1v) is 13.3. The van der Waals surface area contributed by atoms with E-state index in [-0.39, 0.29) is 23.6 Å². The van der Waals surface area contributed by atoms with Gasteiger partial charge < -0.3 is 14.8 Å². The number of sulfonamides is 1. The van der Waals surface area contributed by atoms with Crippen molar-refractivity contribution in [1.82, 2.24) is 14.7 Å². The van der Waals surface area contributed by atoms with Crippen LogP contribution in [-0.2, 0) is 19.5 Å². The molecule has 2 aromatic carbocycles. The summed E-state index contributed by atoms with van der Waals surface area (Å²) in [6, 6.07) is 18.0. The van der Waals surface area contributed by atoms with Gasteiger partial charge in [-0.15, -0.1) is 11.3 Å². The van der Waals surface area contributed by atoms with E-state index in [0.717, 1.165) is 21.3 Å². The summed E-state index contributed by atoms with van der Waals surface area (Å²) in [5.74, 6) is 0.490. The van der Waals surface area contributed by atoms with Gasteiger partial charge in [-0.25, -0.2) is 23.1 Å². The Morgan fingerprint density at radius 1 is 0.912 bits per heavy atom. The molecule has 8 nitrogen and oxygen atoms in total. The lowest BCUT2D eigenvalue weighted by Gasteiger charge is -2.18. The molecule has 4 heterocycles. The van der Waals surface area contributed by atoms with Gasteiger partial charge in [-0.3, -0.25) is 0 Å². The lowest BCUT2D eigenvalue weighted by Crippen LogP contribution is -2.44. The molecule has 4 aromatic rings. The number of fused-ring (bicyclic) bond motifs is 2. The van der Waals surface area contributed by atoms with Crippen LogP contribution < -0.4 is 10.0 Å². The second-order valence-corrected chi connectivity index (χ2v) is 11.0. The van der Waals surface area contributed by atoms with Crippen LogP contribution in [0.15, 0.2) is 77.1 Å². The number of nitrogens with one attached hydrogen (secondary N) is 2. The quantitative estimate of drug-likeness (QED) is 0.424. The van der Waals surface area contributed by atoms with Gasteiger partial charge in [0.25, 0.3) is 0 Å². The third-order valence-corrected chi connectivity index (χ3v) is 8.51. The topological polar surface area (TPSA) is 102 Å². The summed E-state index contributed by atoms with van der Waals surface area (Å²) in [5, 5.41) is 7.17. The summed E-state index contributed by atoms with van der Waals surface area (Å²) in [4.78, 5) is 10.2. The molecule has 0 spiro atoms. The van der Waals surface area contributed by atoms with Gasteiger partial charge in [-0.05, 0) is 40.4 Å². The second-order valence-electron chi connectivity index (χ2n) is 8.33. The highest BCUT2D eigenvalue weighted by Crippen LogP contribution is 2.30. The van der Waals surface area contributed by atoms with Crippen molar-refractivity contribution in [3.63, 3.8) is 0 Å². The Bertz CT molecular complexity index is 1430. The predicted molar refractivity (Wildman–Crippen MR) is 130 cm³/mol. The summed E-state index contributed by atoms with van der Waals surface area (Å²) in [5.41, 5.74) is 0.844. The van der Waals surface area contributed by atoms with Crippen LogP contribution in [0.25, 0.3) is 21.3 Å². The number of benzene rings is 2.